The molecule has 0 fully saturated rings. The maximum Gasteiger partial charge on any atom is 0.279 e. The Morgan fingerprint density at radius 3 is 3.14 bits per heavy atom. The zero-order valence-electron chi connectivity index (χ0n) is 10.8. The number of nitrogens with two attached hydrogens (primary N) is 1. The molecule has 1 amide bonds. The van der Waals surface area contributed by atoms with Gasteiger partial charge in [0.2, 0.25) is 0 Å². The van der Waals surface area contributed by atoms with Crippen molar-refractivity contribution in [2.45, 2.75) is 6.54 Å². The molecule has 0 unspecified atom stereocenters. The van der Waals surface area contributed by atoms with Gasteiger partial charge in [0.15, 0.2) is 10.8 Å². The maximum absolute atomic E-state index is 12.1. The summed E-state index contributed by atoms with van der Waals surface area (Å²) >= 11 is 7.27. The molecule has 7 nitrogen and oxygen atoms in total. The summed E-state index contributed by atoms with van der Waals surface area (Å²) in [5.41, 5.74) is 6.42. The summed E-state index contributed by atoms with van der Waals surface area (Å²) in [5, 5.41) is 11.4. The zero-order chi connectivity index (χ0) is 14.8. The maximum atomic E-state index is 12.1. The second-order valence-corrected chi connectivity index (χ2v) is 5.71. The Labute approximate surface area is 128 Å². The molecule has 0 aliphatic carbocycles. The average molecular weight is 323 g/mol. The third kappa shape index (κ3) is 3.02. The van der Waals surface area contributed by atoms with Crippen LogP contribution >= 0.6 is 22.9 Å². The van der Waals surface area contributed by atoms with Crippen LogP contribution in [0.15, 0.2) is 24.4 Å². The summed E-state index contributed by atoms with van der Waals surface area (Å²) in [6, 6.07) is 5.37. The van der Waals surface area contributed by atoms with E-state index < -0.39 is 0 Å². The number of carbonyl (C=O) groups is 1. The van der Waals surface area contributed by atoms with Crippen LogP contribution in [0.5, 0.6) is 0 Å². The Balaban J connectivity index is 1.78. The number of hydrogen-bond donors (Lipinski definition) is 2. The van der Waals surface area contributed by atoms with E-state index in [4.69, 9.17) is 17.3 Å². The van der Waals surface area contributed by atoms with Crippen LogP contribution in [-0.4, -0.2) is 32.4 Å². The fourth-order valence-electron chi connectivity index (χ4n) is 1.76. The van der Waals surface area contributed by atoms with Gasteiger partial charge < -0.3 is 5.73 Å². The number of thiazole rings is 1. The summed E-state index contributed by atoms with van der Waals surface area (Å²) in [6.07, 6.45) is 1.55. The normalized spacial score (nSPS) is 11.0. The molecule has 0 saturated carbocycles. The lowest BCUT2D eigenvalue weighted by Gasteiger charge is -1.96. The zero-order valence-corrected chi connectivity index (χ0v) is 12.4. The van der Waals surface area contributed by atoms with E-state index in [2.05, 4.69) is 20.6 Å². The van der Waals surface area contributed by atoms with Crippen molar-refractivity contribution in [2.75, 3.05) is 11.9 Å². The number of halogens is 1. The Bertz CT molecular complexity index is 798. The second-order valence-electron chi connectivity index (χ2n) is 4.24. The highest BCUT2D eigenvalue weighted by Crippen LogP contribution is 2.28. The Hall–Kier alpha value is -2.03. The molecular formula is C12H11ClN6OS. The SMILES string of the molecule is NCCn1cc(C(=O)Nc2nc3ccc(Cl)cc3s2)nn1. The molecule has 3 N–H and O–H groups in total. The highest BCUT2D eigenvalue weighted by molar-refractivity contribution is 7.22. The second kappa shape index (κ2) is 5.76. The summed E-state index contributed by atoms with van der Waals surface area (Å²) in [6.45, 7) is 0.947. The Kier molecular flexibility index (Phi) is 3.82. The van der Waals surface area contributed by atoms with Crippen molar-refractivity contribution in [3.8, 4) is 0 Å². The molecule has 0 aliphatic heterocycles. The molecule has 0 saturated heterocycles. The molecule has 2 aromatic heterocycles. The minimum Gasteiger partial charge on any atom is -0.329 e. The number of hydrogen-bond acceptors (Lipinski definition) is 6. The Morgan fingerprint density at radius 1 is 1.48 bits per heavy atom. The number of anilines is 1. The smallest absolute Gasteiger partial charge is 0.279 e. The van der Waals surface area contributed by atoms with Crippen molar-refractivity contribution in [1.82, 2.24) is 20.0 Å². The van der Waals surface area contributed by atoms with Gasteiger partial charge in [-0.15, -0.1) is 5.10 Å². The van der Waals surface area contributed by atoms with E-state index in [-0.39, 0.29) is 11.6 Å². The molecule has 0 spiro atoms. The molecule has 108 valence electrons. The van der Waals surface area contributed by atoms with Crippen LogP contribution in [0.4, 0.5) is 5.13 Å². The van der Waals surface area contributed by atoms with Gasteiger partial charge in [0, 0.05) is 11.6 Å². The van der Waals surface area contributed by atoms with Crippen molar-refractivity contribution in [1.29, 1.82) is 0 Å². The van der Waals surface area contributed by atoms with E-state index in [1.807, 2.05) is 6.07 Å². The minimum absolute atomic E-state index is 0.223. The molecule has 1 aromatic carbocycles. The Morgan fingerprint density at radius 2 is 2.33 bits per heavy atom. The van der Waals surface area contributed by atoms with E-state index in [0.29, 0.717) is 23.2 Å². The quantitative estimate of drug-likeness (QED) is 0.762. The van der Waals surface area contributed by atoms with E-state index >= 15 is 0 Å². The standard InChI is InChI=1S/C12H11ClN6OS/c13-7-1-2-8-10(5-7)21-12(15-8)16-11(20)9-6-19(4-3-14)18-17-9/h1-2,5-6H,3-4,14H2,(H,15,16,20). The number of benzene rings is 1. The summed E-state index contributed by atoms with van der Waals surface area (Å²) in [5.74, 6) is -0.358. The molecule has 0 bridgehead atoms. The van der Waals surface area contributed by atoms with Gasteiger partial charge in [-0.25, -0.2) is 4.98 Å². The molecule has 9 heteroatoms. The highest BCUT2D eigenvalue weighted by atomic mass is 35.5. The first-order valence-electron chi connectivity index (χ1n) is 6.13. The molecule has 3 rings (SSSR count). The molecule has 3 aromatic rings. The van der Waals surface area contributed by atoms with Crippen molar-refractivity contribution >= 4 is 44.2 Å². The lowest BCUT2D eigenvalue weighted by Crippen LogP contribution is -2.12. The molecule has 21 heavy (non-hydrogen) atoms. The fourth-order valence-corrected chi connectivity index (χ4v) is 2.89. The van der Waals surface area contributed by atoms with Crippen LogP contribution in [0.1, 0.15) is 10.5 Å². The number of fused-ring (bicyclic) bond motifs is 1. The monoisotopic (exact) mass is 322 g/mol. The van der Waals surface area contributed by atoms with E-state index in [9.17, 15) is 4.79 Å². The predicted molar refractivity (Wildman–Crippen MR) is 81.7 cm³/mol. The fraction of sp³-hybridized carbons (Fsp3) is 0.167. The first-order valence-corrected chi connectivity index (χ1v) is 7.33. The third-order valence-electron chi connectivity index (χ3n) is 2.70. The van der Waals surface area contributed by atoms with Crippen LogP contribution < -0.4 is 11.1 Å². The molecule has 0 atom stereocenters. The molecule has 0 radical (unpaired) electrons. The number of rotatable bonds is 4. The van der Waals surface area contributed by atoms with Crippen LogP contribution in [-0.2, 0) is 6.54 Å². The summed E-state index contributed by atoms with van der Waals surface area (Å²) < 4.78 is 2.43. The first-order chi connectivity index (χ1) is 10.2. The lowest BCUT2D eigenvalue weighted by atomic mass is 10.3. The number of aromatic nitrogens is 4. The average Bonchev–Trinajstić information content (AvgIpc) is 3.05. The minimum atomic E-state index is -0.358. The van der Waals surface area contributed by atoms with Gasteiger partial charge in [0.1, 0.15) is 0 Å². The number of carbonyl (C=O) groups excluding carboxylic acids is 1. The van der Waals surface area contributed by atoms with Crippen LogP contribution in [0.2, 0.25) is 5.02 Å². The van der Waals surface area contributed by atoms with Gasteiger partial charge in [-0.3, -0.25) is 14.8 Å². The van der Waals surface area contributed by atoms with Crippen LogP contribution in [0, 0.1) is 0 Å². The first kappa shape index (κ1) is 13.9. The van der Waals surface area contributed by atoms with Crippen molar-refractivity contribution in [3.63, 3.8) is 0 Å². The number of nitrogens with zero attached hydrogens (tertiary/aromatic N) is 4. The van der Waals surface area contributed by atoms with Gasteiger partial charge in [0.25, 0.3) is 5.91 Å². The van der Waals surface area contributed by atoms with Gasteiger partial charge in [-0.05, 0) is 18.2 Å². The van der Waals surface area contributed by atoms with Gasteiger partial charge in [-0.2, -0.15) is 0 Å². The molecule has 0 aliphatic rings. The number of nitrogens with one attached hydrogen (secondary N) is 1. The molecule has 2 heterocycles. The lowest BCUT2D eigenvalue weighted by molar-refractivity contribution is 0.102. The van der Waals surface area contributed by atoms with Crippen LogP contribution in [0.25, 0.3) is 10.2 Å². The van der Waals surface area contributed by atoms with Gasteiger partial charge >= 0.3 is 0 Å². The van der Waals surface area contributed by atoms with Gasteiger partial charge in [-0.1, -0.05) is 28.2 Å². The van der Waals surface area contributed by atoms with E-state index in [0.717, 1.165) is 10.2 Å². The topological polar surface area (TPSA) is 98.7 Å². The van der Waals surface area contributed by atoms with Crippen molar-refractivity contribution < 1.29 is 4.79 Å². The van der Waals surface area contributed by atoms with Crippen LogP contribution in [0.3, 0.4) is 0 Å². The summed E-state index contributed by atoms with van der Waals surface area (Å²) in [7, 11) is 0. The highest BCUT2D eigenvalue weighted by Gasteiger charge is 2.13. The largest absolute Gasteiger partial charge is 0.329 e. The molecular weight excluding hydrogens is 312 g/mol. The number of amides is 1. The van der Waals surface area contributed by atoms with E-state index in [1.54, 1.807) is 18.3 Å². The predicted octanol–water partition coefficient (Wildman–Crippen LogP) is 1.75. The summed E-state index contributed by atoms with van der Waals surface area (Å²) in [4.78, 5) is 16.4. The van der Waals surface area contributed by atoms with Crippen molar-refractivity contribution in [2.24, 2.45) is 5.73 Å². The van der Waals surface area contributed by atoms with Gasteiger partial charge in [0.05, 0.1) is 23.0 Å². The van der Waals surface area contributed by atoms with E-state index in [1.165, 1.54) is 16.0 Å². The van der Waals surface area contributed by atoms with Crippen molar-refractivity contribution in [3.05, 3.63) is 35.1 Å². The third-order valence-corrected chi connectivity index (χ3v) is 3.87.